The SMILES string of the molecule is Cc1ccc2c(c1)C(=O)N(CCCC(=O)N(Cc1ccccn1)c1ccc(Cl)cc1)C2=O. The lowest BCUT2D eigenvalue weighted by atomic mass is 10.1. The minimum absolute atomic E-state index is 0.120. The number of hydrogen-bond acceptors (Lipinski definition) is 4. The molecular formula is C25H22ClN3O3. The fourth-order valence-electron chi connectivity index (χ4n) is 3.73. The minimum atomic E-state index is -0.305. The van der Waals surface area contributed by atoms with E-state index in [1.54, 1.807) is 47.5 Å². The third-order valence-electron chi connectivity index (χ3n) is 5.38. The summed E-state index contributed by atoms with van der Waals surface area (Å²) >= 11 is 6.00. The number of nitrogens with zero attached hydrogens (tertiary/aromatic N) is 3. The summed E-state index contributed by atoms with van der Waals surface area (Å²) in [5, 5.41) is 0.583. The smallest absolute Gasteiger partial charge is 0.261 e. The monoisotopic (exact) mass is 447 g/mol. The zero-order valence-corrected chi connectivity index (χ0v) is 18.4. The van der Waals surface area contributed by atoms with E-state index in [9.17, 15) is 14.4 Å². The maximum atomic E-state index is 13.1. The van der Waals surface area contributed by atoms with Crippen molar-refractivity contribution in [2.45, 2.75) is 26.3 Å². The maximum absolute atomic E-state index is 13.1. The standard InChI is InChI=1S/C25H22ClN3O3/c1-17-7-12-21-22(15-17)25(32)28(24(21)31)14-4-6-23(30)29(16-19-5-2-3-13-27-19)20-10-8-18(26)9-11-20/h2-3,5,7-13,15H,4,6,14,16H2,1H3. The van der Waals surface area contributed by atoms with Crippen LogP contribution in [0.2, 0.25) is 5.02 Å². The summed E-state index contributed by atoms with van der Waals surface area (Å²) in [5.74, 6) is -0.727. The Morgan fingerprint density at radius 2 is 1.75 bits per heavy atom. The number of aryl methyl sites for hydroxylation is 1. The van der Waals surface area contributed by atoms with Crippen LogP contribution in [0.5, 0.6) is 0 Å². The summed E-state index contributed by atoms with van der Waals surface area (Å²) in [4.78, 5) is 45.6. The fraction of sp³-hybridized carbons (Fsp3) is 0.200. The minimum Gasteiger partial charge on any atom is -0.306 e. The summed E-state index contributed by atoms with van der Waals surface area (Å²) in [5.41, 5.74) is 3.24. The number of carbonyl (C=O) groups excluding carboxylic acids is 3. The molecule has 1 aliphatic heterocycles. The Balaban J connectivity index is 1.44. The molecule has 0 saturated heterocycles. The average Bonchev–Trinajstić information content (AvgIpc) is 3.03. The van der Waals surface area contributed by atoms with Crippen LogP contribution in [0.3, 0.4) is 0 Å². The number of carbonyl (C=O) groups is 3. The van der Waals surface area contributed by atoms with Gasteiger partial charge in [-0.2, -0.15) is 0 Å². The zero-order valence-electron chi connectivity index (χ0n) is 17.6. The van der Waals surface area contributed by atoms with Crippen molar-refractivity contribution in [1.29, 1.82) is 0 Å². The molecule has 4 rings (SSSR count). The number of amides is 3. The van der Waals surface area contributed by atoms with E-state index in [0.29, 0.717) is 34.8 Å². The van der Waals surface area contributed by atoms with Gasteiger partial charge in [-0.05, 0) is 61.9 Å². The molecule has 7 heteroatoms. The highest BCUT2D eigenvalue weighted by Crippen LogP contribution is 2.25. The molecule has 0 fully saturated rings. The fourth-order valence-corrected chi connectivity index (χ4v) is 3.86. The highest BCUT2D eigenvalue weighted by atomic mass is 35.5. The van der Waals surface area contributed by atoms with Crippen LogP contribution in [0.15, 0.2) is 66.9 Å². The Morgan fingerprint density at radius 1 is 1.00 bits per heavy atom. The van der Waals surface area contributed by atoms with Crippen molar-refractivity contribution < 1.29 is 14.4 Å². The number of hydrogen-bond donors (Lipinski definition) is 0. The maximum Gasteiger partial charge on any atom is 0.261 e. The molecule has 6 nitrogen and oxygen atoms in total. The van der Waals surface area contributed by atoms with Gasteiger partial charge in [0, 0.05) is 29.9 Å². The van der Waals surface area contributed by atoms with E-state index in [-0.39, 0.29) is 30.7 Å². The molecule has 0 N–H and O–H groups in total. The summed E-state index contributed by atoms with van der Waals surface area (Å²) < 4.78 is 0. The summed E-state index contributed by atoms with van der Waals surface area (Å²) in [6, 6.07) is 17.8. The van der Waals surface area contributed by atoms with E-state index >= 15 is 0 Å². The number of rotatable bonds is 7. The third-order valence-corrected chi connectivity index (χ3v) is 5.64. The Bertz CT molecular complexity index is 1160. The number of fused-ring (bicyclic) bond motifs is 1. The van der Waals surface area contributed by atoms with Crippen LogP contribution in [-0.2, 0) is 11.3 Å². The van der Waals surface area contributed by atoms with Gasteiger partial charge in [0.25, 0.3) is 11.8 Å². The van der Waals surface area contributed by atoms with E-state index in [0.717, 1.165) is 11.3 Å². The normalized spacial score (nSPS) is 12.8. The zero-order chi connectivity index (χ0) is 22.7. The van der Waals surface area contributed by atoms with Gasteiger partial charge in [0.1, 0.15) is 0 Å². The summed E-state index contributed by atoms with van der Waals surface area (Å²) in [6.45, 7) is 2.38. The predicted molar refractivity (Wildman–Crippen MR) is 123 cm³/mol. The Kier molecular flexibility index (Phi) is 6.32. The van der Waals surface area contributed by atoms with E-state index in [1.165, 1.54) is 4.90 Å². The van der Waals surface area contributed by atoms with Crippen LogP contribution in [0.1, 0.15) is 44.8 Å². The second-order valence-electron chi connectivity index (χ2n) is 7.69. The van der Waals surface area contributed by atoms with Crippen LogP contribution < -0.4 is 4.90 Å². The first-order valence-corrected chi connectivity index (χ1v) is 10.7. The molecule has 0 atom stereocenters. The molecule has 0 saturated carbocycles. The second kappa shape index (κ2) is 9.32. The van der Waals surface area contributed by atoms with Gasteiger partial charge < -0.3 is 4.90 Å². The number of pyridine rings is 1. The third kappa shape index (κ3) is 4.55. The molecule has 3 amide bonds. The van der Waals surface area contributed by atoms with Crippen LogP contribution in [0.4, 0.5) is 5.69 Å². The lowest BCUT2D eigenvalue weighted by Gasteiger charge is -2.23. The number of aromatic nitrogens is 1. The molecule has 2 aromatic carbocycles. The lowest BCUT2D eigenvalue weighted by molar-refractivity contribution is -0.118. The molecule has 1 aliphatic rings. The average molecular weight is 448 g/mol. The van der Waals surface area contributed by atoms with Crippen molar-refractivity contribution in [1.82, 2.24) is 9.88 Å². The molecule has 0 unspecified atom stereocenters. The highest BCUT2D eigenvalue weighted by Gasteiger charge is 2.35. The number of halogens is 1. The molecule has 2 heterocycles. The molecule has 0 bridgehead atoms. The molecule has 0 radical (unpaired) electrons. The molecule has 0 aliphatic carbocycles. The van der Waals surface area contributed by atoms with Gasteiger partial charge >= 0.3 is 0 Å². The van der Waals surface area contributed by atoms with Crippen LogP contribution >= 0.6 is 11.6 Å². The lowest BCUT2D eigenvalue weighted by Crippen LogP contribution is -2.33. The van der Waals surface area contributed by atoms with Gasteiger partial charge in [-0.1, -0.05) is 29.3 Å². The second-order valence-corrected chi connectivity index (χ2v) is 8.13. The van der Waals surface area contributed by atoms with E-state index < -0.39 is 0 Å². The Hall–Kier alpha value is -3.51. The van der Waals surface area contributed by atoms with Gasteiger partial charge in [-0.15, -0.1) is 0 Å². The van der Waals surface area contributed by atoms with Crippen LogP contribution in [0, 0.1) is 6.92 Å². The molecule has 0 spiro atoms. The molecule has 3 aromatic rings. The quantitative estimate of drug-likeness (QED) is 0.494. The molecular weight excluding hydrogens is 426 g/mol. The number of anilines is 1. The summed E-state index contributed by atoms with van der Waals surface area (Å²) in [6.07, 6.45) is 2.24. The summed E-state index contributed by atoms with van der Waals surface area (Å²) in [7, 11) is 0. The first-order valence-electron chi connectivity index (χ1n) is 10.4. The van der Waals surface area contributed by atoms with Crippen molar-refractivity contribution in [3.8, 4) is 0 Å². The number of benzene rings is 2. The Morgan fingerprint density at radius 3 is 2.47 bits per heavy atom. The van der Waals surface area contributed by atoms with Crippen molar-refractivity contribution in [3.63, 3.8) is 0 Å². The Labute approximate surface area is 191 Å². The largest absolute Gasteiger partial charge is 0.306 e. The van der Waals surface area contributed by atoms with Gasteiger partial charge in [0.15, 0.2) is 0 Å². The predicted octanol–water partition coefficient (Wildman–Crippen LogP) is 4.65. The van der Waals surface area contributed by atoms with E-state index in [1.807, 2.05) is 31.2 Å². The van der Waals surface area contributed by atoms with Crippen molar-refractivity contribution >= 4 is 35.0 Å². The molecule has 1 aromatic heterocycles. The van der Waals surface area contributed by atoms with Crippen molar-refractivity contribution in [2.24, 2.45) is 0 Å². The van der Waals surface area contributed by atoms with Crippen LogP contribution in [-0.4, -0.2) is 34.2 Å². The van der Waals surface area contributed by atoms with Gasteiger partial charge in [-0.3, -0.25) is 24.3 Å². The topological polar surface area (TPSA) is 70.6 Å². The first-order chi connectivity index (χ1) is 15.4. The van der Waals surface area contributed by atoms with Crippen LogP contribution in [0.25, 0.3) is 0 Å². The highest BCUT2D eigenvalue weighted by molar-refractivity contribution is 6.30. The van der Waals surface area contributed by atoms with Gasteiger partial charge in [-0.25, -0.2) is 0 Å². The van der Waals surface area contributed by atoms with Crippen molar-refractivity contribution in [3.05, 3.63) is 94.3 Å². The molecule has 32 heavy (non-hydrogen) atoms. The molecule has 162 valence electrons. The number of imide groups is 1. The van der Waals surface area contributed by atoms with Gasteiger partial charge in [0.2, 0.25) is 5.91 Å². The van der Waals surface area contributed by atoms with E-state index in [4.69, 9.17) is 11.6 Å². The van der Waals surface area contributed by atoms with Gasteiger partial charge in [0.05, 0.1) is 23.4 Å². The van der Waals surface area contributed by atoms with Crippen molar-refractivity contribution in [2.75, 3.05) is 11.4 Å². The first kappa shape index (κ1) is 21.7. The van der Waals surface area contributed by atoms with E-state index in [2.05, 4.69) is 4.98 Å².